The number of fused-ring (bicyclic) bond motifs is 20. The molecule has 0 saturated carbocycles. The minimum atomic E-state index is 0. The van der Waals surface area contributed by atoms with Crippen molar-refractivity contribution in [3.63, 3.8) is 0 Å². The van der Waals surface area contributed by atoms with E-state index < -0.39 is 0 Å². The Hall–Kier alpha value is -6.02. The normalized spacial score (nSPS) is 9.97. The molecule has 0 spiro atoms. The first kappa shape index (κ1) is 46.4. The van der Waals surface area contributed by atoms with Gasteiger partial charge in [0.15, 0.2) is 11.6 Å². The molecule has 10 rings (SSSR count). The second-order valence-corrected chi connectivity index (χ2v) is 11.9. The molecule has 5 aromatic carbocycles. The molecule has 1 N–H and O–H groups in total. The molecule has 8 nitrogen and oxygen atoms in total. The zero-order valence-corrected chi connectivity index (χ0v) is 36.4. The second-order valence-electron chi connectivity index (χ2n) is 11.9. The van der Waals surface area contributed by atoms with Gasteiger partial charge in [-0.25, -0.2) is 19.9 Å². The van der Waals surface area contributed by atoms with Gasteiger partial charge in [-0.1, -0.05) is 188 Å². The smallest absolute Gasteiger partial charge is 0.358 e. The number of hydrogen-bond donors (Lipinski definition) is 1. The van der Waals surface area contributed by atoms with Crippen LogP contribution in [0, 0.1) is 21.3 Å². The summed E-state index contributed by atoms with van der Waals surface area (Å²) in [6.45, 7) is 20.2. The summed E-state index contributed by atoms with van der Waals surface area (Å²) in [5, 5.41) is 3.70. The standard InChI is InChI=1S/C32H17N8.C8H10.4C2H6.CH3.Cu/c1-2-10-18-17(9-1)25-33-26(18)38-28-21-13-5-6-14-22(21)30(35-28)40-32-24-16-8-7-15-23(24)31(36-32)39-29-20-12-4-3-11-19(20)27(34-29)37-25;1-7-4-3-5-8(2)6-7;4*1-2;;/h1-16H,(H-,33,34,35,36,37,38,39,40);3-6H,1-2H3;4*1-2H3;1H3;/q-1;;;;;;-1;+2. The number of nitrogens with zero attached hydrogens (tertiary/aromatic N) is 7. The predicted molar refractivity (Wildman–Crippen MR) is 243 cm³/mol. The van der Waals surface area contributed by atoms with E-state index in [0.29, 0.717) is 45.9 Å². The predicted octanol–water partition coefficient (Wildman–Crippen LogP) is 13.4. The maximum absolute atomic E-state index is 5.00. The molecule has 2 aliphatic heterocycles. The van der Waals surface area contributed by atoms with E-state index in [0.717, 1.165) is 43.8 Å². The Labute approximate surface area is 354 Å². The van der Waals surface area contributed by atoms with Gasteiger partial charge in [-0.3, -0.25) is 0 Å². The number of benzene rings is 5. The van der Waals surface area contributed by atoms with Crippen molar-refractivity contribution in [2.75, 3.05) is 0 Å². The van der Waals surface area contributed by atoms with Crippen LogP contribution in [0.5, 0.6) is 0 Å². The SMILES string of the molecule is CC.CC.CC.CC.Cc1cccc(C)c1.[CH3-].[Cu+2].c1ccc2c(c1)-c1nc-2nc2[nH]c(nc3nc(nc4[n-]c(n1)c1ccccc41)-c1ccccc1-3)c1ccccc21. The first-order valence-corrected chi connectivity index (χ1v) is 19.8. The van der Waals surface area contributed by atoms with Crippen molar-refractivity contribution in [3.8, 4) is 45.6 Å². The van der Waals surface area contributed by atoms with E-state index in [1.165, 1.54) is 11.1 Å². The van der Waals surface area contributed by atoms with Gasteiger partial charge in [-0.15, -0.1) is 0 Å². The van der Waals surface area contributed by atoms with E-state index in [-0.39, 0.29) is 24.5 Å². The zero-order valence-electron chi connectivity index (χ0n) is 35.5. The third-order valence-electron chi connectivity index (χ3n) is 8.57. The number of H-pyrrole nitrogens is 1. The van der Waals surface area contributed by atoms with Crippen molar-refractivity contribution < 1.29 is 17.1 Å². The minimum Gasteiger partial charge on any atom is -0.358 e. The summed E-state index contributed by atoms with van der Waals surface area (Å²) in [7, 11) is 0. The first-order chi connectivity index (χ1) is 27.6. The summed E-state index contributed by atoms with van der Waals surface area (Å²) >= 11 is 0. The van der Waals surface area contributed by atoms with Gasteiger partial charge >= 0.3 is 17.1 Å². The van der Waals surface area contributed by atoms with Crippen LogP contribution in [0.2, 0.25) is 0 Å². The van der Waals surface area contributed by atoms with Crippen LogP contribution in [0.25, 0.3) is 89.7 Å². The first-order valence-electron chi connectivity index (χ1n) is 19.8. The molecule has 0 aliphatic carbocycles. The number of aromatic amines is 1. The van der Waals surface area contributed by atoms with E-state index in [1.54, 1.807) is 0 Å². The maximum atomic E-state index is 5.00. The molecule has 0 unspecified atom stereocenters. The van der Waals surface area contributed by atoms with E-state index in [1.807, 2.05) is 152 Å². The monoisotopic (exact) mass is 817 g/mol. The van der Waals surface area contributed by atoms with Crippen molar-refractivity contribution >= 4 is 44.1 Å². The van der Waals surface area contributed by atoms with Crippen LogP contribution < -0.4 is 4.98 Å². The van der Waals surface area contributed by atoms with Crippen molar-refractivity contribution in [2.24, 2.45) is 0 Å². The third kappa shape index (κ3) is 9.56. The van der Waals surface area contributed by atoms with Crippen LogP contribution in [-0.2, 0) is 17.1 Å². The van der Waals surface area contributed by atoms with Gasteiger partial charge in [0.1, 0.15) is 11.3 Å². The van der Waals surface area contributed by atoms with Gasteiger partial charge in [-0.05, 0) is 24.6 Å². The number of hydrogen-bond acceptors (Lipinski definition) is 6. The molecule has 0 fully saturated rings. The van der Waals surface area contributed by atoms with E-state index >= 15 is 0 Å². The molecule has 2 aliphatic rings. The molecule has 3 aromatic heterocycles. The van der Waals surface area contributed by atoms with Gasteiger partial charge < -0.3 is 27.4 Å². The van der Waals surface area contributed by atoms with Crippen LogP contribution in [0.1, 0.15) is 66.5 Å². The molecule has 8 aromatic rings. The third-order valence-corrected chi connectivity index (χ3v) is 8.57. The molecule has 9 heteroatoms. The fourth-order valence-electron chi connectivity index (χ4n) is 6.33. The zero-order chi connectivity index (χ0) is 40.2. The number of aromatic nitrogens is 8. The molecule has 301 valence electrons. The summed E-state index contributed by atoms with van der Waals surface area (Å²) in [5.74, 6) is 2.30. The summed E-state index contributed by atoms with van der Waals surface area (Å²) in [6.07, 6.45) is 0. The van der Waals surface area contributed by atoms with E-state index in [2.05, 4.69) is 43.1 Å². The topological polar surface area (TPSA) is 107 Å². The maximum Gasteiger partial charge on any atom is 2.00 e. The van der Waals surface area contributed by atoms with Gasteiger partial charge in [0.2, 0.25) is 0 Å². The molecule has 8 bridgehead atoms. The van der Waals surface area contributed by atoms with E-state index in [4.69, 9.17) is 34.9 Å². The van der Waals surface area contributed by atoms with Crippen LogP contribution in [0.15, 0.2) is 121 Å². The van der Waals surface area contributed by atoms with Gasteiger partial charge in [0.25, 0.3) is 0 Å². The van der Waals surface area contributed by atoms with Crippen LogP contribution >= 0.6 is 0 Å². The Morgan fingerprint density at radius 2 is 0.690 bits per heavy atom. The molecule has 0 amide bonds. The van der Waals surface area contributed by atoms with Crippen molar-refractivity contribution in [1.82, 2.24) is 39.9 Å². The Bertz CT molecular complexity index is 2390. The fraction of sp³-hybridized carbons (Fsp3) is 0.204. The molecular weight excluding hydrogens is 764 g/mol. The molecule has 58 heavy (non-hydrogen) atoms. The quantitative estimate of drug-likeness (QED) is 0.120. The molecule has 1 radical (unpaired) electrons. The van der Waals surface area contributed by atoms with Crippen molar-refractivity contribution in [2.45, 2.75) is 69.2 Å². The molecule has 0 saturated heterocycles. The van der Waals surface area contributed by atoms with Crippen LogP contribution in [0.4, 0.5) is 0 Å². The van der Waals surface area contributed by atoms with Crippen molar-refractivity contribution in [1.29, 1.82) is 0 Å². The van der Waals surface area contributed by atoms with Gasteiger partial charge in [0, 0.05) is 44.3 Å². The fourth-order valence-corrected chi connectivity index (χ4v) is 6.33. The summed E-state index contributed by atoms with van der Waals surface area (Å²) in [6, 6.07) is 40.5. The van der Waals surface area contributed by atoms with Crippen LogP contribution in [0.3, 0.4) is 0 Å². The Balaban J connectivity index is 0.000000435. The second kappa shape index (κ2) is 22.1. The average Bonchev–Trinajstić information content (AvgIpc) is 4.00. The summed E-state index contributed by atoms with van der Waals surface area (Å²) in [4.78, 5) is 38.0. The number of nitrogens with one attached hydrogen (secondary N) is 1. The van der Waals surface area contributed by atoms with Gasteiger partial charge in [0.05, 0.1) is 11.6 Å². The molecule has 5 heterocycles. The minimum absolute atomic E-state index is 0. The summed E-state index contributed by atoms with van der Waals surface area (Å²) < 4.78 is 0. The van der Waals surface area contributed by atoms with Gasteiger partial charge in [-0.2, -0.15) is 0 Å². The number of rotatable bonds is 0. The average molecular weight is 819 g/mol. The number of aryl methyl sites for hydroxylation is 2. The molecular formula is C49H54CuN8. The molecule has 0 atom stereocenters. The Kier molecular flexibility index (Phi) is 17.6. The van der Waals surface area contributed by atoms with E-state index in [9.17, 15) is 0 Å². The van der Waals surface area contributed by atoms with Crippen molar-refractivity contribution in [3.05, 3.63) is 140 Å². The largest absolute Gasteiger partial charge is 2.00 e. The summed E-state index contributed by atoms with van der Waals surface area (Å²) in [5.41, 5.74) is 8.79. The van der Waals surface area contributed by atoms with Crippen LogP contribution in [-0.4, -0.2) is 34.9 Å². The Morgan fingerprint density at radius 3 is 1.02 bits per heavy atom. The Morgan fingerprint density at radius 1 is 0.379 bits per heavy atom.